The van der Waals surface area contributed by atoms with Crippen LogP contribution in [-0.4, -0.2) is 23.3 Å². The SMILES string of the molecule is CNc1cnccc1C1CCCC(Cc2cccc(F)c2-c2nc(C=O)ccc2F)C1. The van der Waals surface area contributed by atoms with Crippen molar-refractivity contribution in [2.24, 2.45) is 5.92 Å². The minimum atomic E-state index is -0.631. The van der Waals surface area contributed by atoms with E-state index in [0.717, 1.165) is 36.9 Å². The van der Waals surface area contributed by atoms with Crippen LogP contribution in [0.5, 0.6) is 0 Å². The summed E-state index contributed by atoms with van der Waals surface area (Å²) in [4.78, 5) is 19.4. The smallest absolute Gasteiger partial charge is 0.168 e. The van der Waals surface area contributed by atoms with Crippen LogP contribution in [0.1, 0.15) is 53.2 Å². The Bertz CT molecular complexity index is 1090. The maximum absolute atomic E-state index is 14.8. The fourth-order valence-corrected chi connectivity index (χ4v) is 4.74. The summed E-state index contributed by atoms with van der Waals surface area (Å²) in [6, 6.07) is 9.33. The number of nitrogens with zero attached hydrogens (tertiary/aromatic N) is 2. The van der Waals surface area contributed by atoms with Crippen LogP contribution in [0.25, 0.3) is 11.3 Å². The van der Waals surface area contributed by atoms with Crippen LogP contribution in [0.2, 0.25) is 0 Å². The van der Waals surface area contributed by atoms with Gasteiger partial charge in [-0.1, -0.05) is 25.0 Å². The van der Waals surface area contributed by atoms with Crippen molar-refractivity contribution >= 4 is 12.0 Å². The molecule has 1 N–H and O–H groups in total. The van der Waals surface area contributed by atoms with Crippen LogP contribution in [-0.2, 0) is 6.42 Å². The third-order valence-electron chi connectivity index (χ3n) is 6.18. The molecule has 0 amide bonds. The Balaban J connectivity index is 1.63. The van der Waals surface area contributed by atoms with E-state index in [4.69, 9.17) is 0 Å². The predicted molar refractivity (Wildman–Crippen MR) is 117 cm³/mol. The predicted octanol–water partition coefficient (Wildman–Crippen LogP) is 5.79. The van der Waals surface area contributed by atoms with Gasteiger partial charge in [-0.25, -0.2) is 13.8 Å². The van der Waals surface area contributed by atoms with Crippen molar-refractivity contribution in [3.05, 3.63) is 77.2 Å². The van der Waals surface area contributed by atoms with E-state index in [1.54, 1.807) is 6.07 Å². The van der Waals surface area contributed by atoms with Gasteiger partial charge in [0.15, 0.2) is 6.29 Å². The Morgan fingerprint density at radius 1 is 1.13 bits per heavy atom. The van der Waals surface area contributed by atoms with Gasteiger partial charge in [-0.2, -0.15) is 0 Å². The number of carbonyl (C=O) groups is 1. The van der Waals surface area contributed by atoms with E-state index >= 15 is 0 Å². The van der Waals surface area contributed by atoms with Gasteiger partial charge in [0.25, 0.3) is 0 Å². The second-order valence-corrected chi connectivity index (χ2v) is 8.10. The molecule has 160 valence electrons. The first-order valence-electron chi connectivity index (χ1n) is 10.6. The molecule has 4 nitrogen and oxygen atoms in total. The second-order valence-electron chi connectivity index (χ2n) is 8.10. The number of hydrogen-bond acceptors (Lipinski definition) is 4. The fourth-order valence-electron chi connectivity index (χ4n) is 4.74. The van der Waals surface area contributed by atoms with Crippen molar-refractivity contribution in [1.82, 2.24) is 9.97 Å². The molecule has 1 fully saturated rings. The number of halogens is 2. The number of carbonyl (C=O) groups excluding carboxylic acids is 1. The van der Waals surface area contributed by atoms with Crippen LogP contribution in [0.4, 0.5) is 14.5 Å². The second kappa shape index (κ2) is 9.33. The molecule has 1 aliphatic rings. The average molecular weight is 421 g/mol. The lowest BCUT2D eigenvalue weighted by Gasteiger charge is -2.31. The number of hydrogen-bond donors (Lipinski definition) is 1. The summed E-state index contributed by atoms with van der Waals surface area (Å²) in [5.41, 5.74) is 3.16. The number of rotatable bonds is 6. The van der Waals surface area contributed by atoms with Gasteiger partial charge in [0.1, 0.15) is 23.0 Å². The molecule has 4 rings (SSSR count). The molecule has 0 saturated heterocycles. The number of benzene rings is 1. The molecule has 2 heterocycles. The van der Waals surface area contributed by atoms with Crippen LogP contribution in [0.3, 0.4) is 0 Å². The standard InChI is InChI=1S/C25H25F2N3O/c1-28-23-14-29-11-10-20(23)17-5-2-4-16(12-17)13-18-6-3-7-21(26)24(18)25-22(27)9-8-19(15-31)30-25/h3,6-11,14-17,28H,2,4-5,12-13H2,1H3. The summed E-state index contributed by atoms with van der Waals surface area (Å²) in [6.07, 6.45) is 9.04. The summed E-state index contributed by atoms with van der Waals surface area (Å²) in [7, 11) is 1.90. The van der Waals surface area contributed by atoms with Gasteiger partial charge in [-0.15, -0.1) is 0 Å². The molecule has 2 atom stereocenters. The first-order chi connectivity index (χ1) is 15.1. The average Bonchev–Trinajstić information content (AvgIpc) is 2.80. The highest BCUT2D eigenvalue weighted by molar-refractivity contribution is 5.75. The minimum Gasteiger partial charge on any atom is -0.387 e. The molecule has 6 heteroatoms. The fraction of sp³-hybridized carbons (Fsp3) is 0.320. The van der Waals surface area contributed by atoms with Gasteiger partial charge in [0.2, 0.25) is 0 Å². The van der Waals surface area contributed by atoms with Crippen LogP contribution in [0.15, 0.2) is 48.8 Å². The Kier molecular flexibility index (Phi) is 6.35. The number of aromatic nitrogens is 2. The zero-order chi connectivity index (χ0) is 21.8. The van der Waals surface area contributed by atoms with Crippen molar-refractivity contribution < 1.29 is 13.6 Å². The lowest BCUT2D eigenvalue weighted by atomic mass is 9.75. The summed E-state index contributed by atoms with van der Waals surface area (Å²) in [5, 5.41) is 3.22. The van der Waals surface area contributed by atoms with Gasteiger partial charge in [-0.05, 0) is 66.5 Å². The lowest BCUT2D eigenvalue weighted by molar-refractivity contribution is 0.111. The molecule has 0 spiro atoms. The number of pyridine rings is 2. The zero-order valence-electron chi connectivity index (χ0n) is 17.4. The largest absolute Gasteiger partial charge is 0.387 e. The lowest BCUT2D eigenvalue weighted by Crippen LogP contribution is -2.18. The number of aldehydes is 1. The number of anilines is 1. The summed E-state index contributed by atoms with van der Waals surface area (Å²) < 4.78 is 29.4. The molecule has 1 aromatic carbocycles. The van der Waals surface area contributed by atoms with E-state index in [1.807, 2.05) is 25.5 Å². The van der Waals surface area contributed by atoms with Gasteiger partial charge in [0.05, 0.1) is 11.9 Å². The molecule has 2 unspecified atom stereocenters. The highest BCUT2D eigenvalue weighted by Crippen LogP contribution is 2.41. The molecule has 0 aliphatic heterocycles. The molecule has 31 heavy (non-hydrogen) atoms. The third kappa shape index (κ3) is 4.48. The first-order valence-corrected chi connectivity index (χ1v) is 10.6. The third-order valence-corrected chi connectivity index (χ3v) is 6.18. The number of nitrogens with one attached hydrogen (secondary N) is 1. The quantitative estimate of drug-likeness (QED) is 0.512. The first kappa shape index (κ1) is 21.1. The van der Waals surface area contributed by atoms with Crippen molar-refractivity contribution in [3.63, 3.8) is 0 Å². The van der Waals surface area contributed by atoms with Gasteiger partial charge in [-0.3, -0.25) is 9.78 Å². The van der Waals surface area contributed by atoms with Crippen LogP contribution < -0.4 is 5.32 Å². The molecule has 1 aliphatic carbocycles. The molecule has 1 saturated carbocycles. The van der Waals surface area contributed by atoms with E-state index in [-0.39, 0.29) is 17.0 Å². The van der Waals surface area contributed by atoms with E-state index < -0.39 is 11.6 Å². The minimum absolute atomic E-state index is 0.0839. The van der Waals surface area contributed by atoms with Gasteiger partial charge >= 0.3 is 0 Å². The molecule has 3 aromatic rings. The van der Waals surface area contributed by atoms with E-state index in [2.05, 4.69) is 21.4 Å². The highest BCUT2D eigenvalue weighted by Gasteiger charge is 2.27. The van der Waals surface area contributed by atoms with Gasteiger partial charge < -0.3 is 5.32 Å². The molecular weight excluding hydrogens is 396 g/mol. The van der Waals surface area contributed by atoms with E-state index in [0.29, 0.717) is 24.5 Å². The highest BCUT2D eigenvalue weighted by atomic mass is 19.1. The molecular formula is C25H25F2N3O. The summed E-state index contributed by atoms with van der Waals surface area (Å²) in [6.45, 7) is 0. The van der Waals surface area contributed by atoms with Gasteiger partial charge in [0, 0.05) is 18.8 Å². The van der Waals surface area contributed by atoms with E-state index in [1.165, 1.54) is 23.8 Å². The Morgan fingerprint density at radius 2 is 2.00 bits per heavy atom. The monoisotopic (exact) mass is 421 g/mol. The molecule has 2 aromatic heterocycles. The van der Waals surface area contributed by atoms with Crippen molar-refractivity contribution in [3.8, 4) is 11.3 Å². The zero-order valence-corrected chi connectivity index (χ0v) is 17.4. The Morgan fingerprint density at radius 3 is 2.81 bits per heavy atom. The van der Waals surface area contributed by atoms with E-state index in [9.17, 15) is 13.6 Å². The summed E-state index contributed by atoms with van der Waals surface area (Å²) >= 11 is 0. The van der Waals surface area contributed by atoms with Crippen molar-refractivity contribution in [2.75, 3.05) is 12.4 Å². The Labute approximate surface area is 180 Å². The van der Waals surface area contributed by atoms with Crippen molar-refractivity contribution in [2.45, 2.75) is 38.0 Å². The topological polar surface area (TPSA) is 54.9 Å². The maximum atomic E-state index is 14.8. The Hall–Kier alpha value is -3.15. The molecule has 0 bridgehead atoms. The normalized spacial score (nSPS) is 18.5. The van der Waals surface area contributed by atoms with Crippen LogP contribution >= 0.6 is 0 Å². The van der Waals surface area contributed by atoms with Crippen LogP contribution in [0, 0.1) is 17.6 Å². The molecule has 0 radical (unpaired) electrons. The van der Waals surface area contributed by atoms with Crippen molar-refractivity contribution in [1.29, 1.82) is 0 Å². The summed E-state index contributed by atoms with van der Waals surface area (Å²) in [5.74, 6) is -0.413. The maximum Gasteiger partial charge on any atom is 0.168 e.